The molecule has 4 rings (SSSR count). The second kappa shape index (κ2) is 9.75. The van der Waals surface area contributed by atoms with E-state index in [0.717, 1.165) is 53.5 Å². The van der Waals surface area contributed by atoms with Crippen LogP contribution in [0.1, 0.15) is 95.6 Å². The minimum absolute atomic E-state index is 0.000397. The fourth-order valence-electron chi connectivity index (χ4n) is 5.18. The number of tetrazole rings is 1. The lowest BCUT2D eigenvalue weighted by molar-refractivity contribution is 0.0779. The minimum atomic E-state index is -0.207. The van der Waals surface area contributed by atoms with E-state index in [9.17, 15) is 4.79 Å². The molecule has 0 unspecified atom stereocenters. The van der Waals surface area contributed by atoms with E-state index >= 15 is 0 Å². The lowest BCUT2D eigenvalue weighted by atomic mass is 9.91. The third kappa shape index (κ3) is 5.18. The molecule has 3 aromatic rings. The topological polar surface area (TPSA) is 79.7 Å². The Labute approximate surface area is 196 Å². The van der Waals surface area contributed by atoms with Gasteiger partial charge in [-0.1, -0.05) is 44.7 Å². The fraction of sp³-hybridized carbons (Fsp3) is 0.615. The van der Waals surface area contributed by atoms with Crippen LogP contribution < -0.4 is 5.56 Å². The Hall–Kier alpha value is -2.54. The van der Waals surface area contributed by atoms with Crippen molar-refractivity contribution in [1.82, 2.24) is 30.1 Å². The third-order valence-electron chi connectivity index (χ3n) is 6.86. The van der Waals surface area contributed by atoms with Crippen LogP contribution in [-0.2, 0) is 12.1 Å². The number of hydrogen-bond donors (Lipinski definition) is 1. The molecule has 1 saturated carbocycles. The van der Waals surface area contributed by atoms with Gasteiger partial charge >= 0.3 is 0 Å². The average Bonchev–Trinajstić information content (AvgIpc) is 3.27. The highest BCUT2D eigenvalue weighted by Gasteiger charge is 2.34. The van der Waals surface area contributed by atoms with Crippen molar-refractivity contribution in [3.05, 3.63) is 51.6 Å². The van der Waals surface area contributed by atoms with Crippen LogP contribution in [0.4, 0.5) is 0 Å². The summed E-state index contributed by atoms with van der Waals surface area (Å²) in [5, 5.41) is 14.0. The Kier molecular flexibility index (Phi) is 6.98. The molecule has 1 aliphatic carbocycles. The summed E-state index contributed by atoms with van der Waals surface area (Å²) in [5.41, 5.74) is 2.65. The molecule has 0 bridgehead atoms. The van der Waals surface area contributed by atoms with E-state index in [1.165, 1.54) is 19.3 Å². The molecular formula is C26H38N6O. The first-order chi connectivity index (χ1) is 15.8. The predicted octanol–water partition coefficient (Wildman–Crippen LogP) is 5.25. The lowest BCUT2D eigenvalue weighted by Gasteiger charge is -2.40. The minimum Gasteiger partial charge on any atom is -0.322 e. The monoisotopic (exact) mass is 450 g/mol. The Bertz CT molecular complexity index is 1140. The van der Waals surface area contributed by atoms with Crippen LogP contribution in [0.15, 0.2) is 29.1 Å². The molecule has 1 atom stereocenters. The Morgan fingerprint density at radius 2 is 1.94 bits per heavy atom. The molecule has 0 radical (unpaired) electrons. The first-order valence-corrected chi connectivity index (χ1v) is 12.4. The van der Waals surface area contributed by atoms with Gasteiger partial charge in [0.1, 0.15) is 0 Å². The van der Waals surface area contributed by atoms with E-state index in [1.54, 1.807) is 0 Å². The highest BCUT2D eigenvalue weighted by molar-refractivity contribution is 5.79. The molecule has 178 valence electrons. The van der Waals surface area contributed by atoms with Crippen LogP contribution in [0.3, 0.4) is 0 Å². The first kappa shape index (κ1) is 23.6. The Morgan fingerprint density at radius 3 is 2.64 bits per heavy atom. The first-order valence-electron chi connectivity index (χ1n) is 12.4. The van der Waals surface area contributed by atoms with Crippen molar-refractivity contribution in [3.63, 3.8) is 0 Å². The van der Waals surface area contributed by atoms with Gasteiger partial charge in [0.15, 0.2) is 5.82 Å². The van der Waals surface area contributed by atoms with Crippen molar-refractivity contribution < 1.29 is 0 Å². The number of hydrogen-bond acceptors (Lipinski definition) is 5. The van der Waals surface area contributed by atoms with Gasteiger partial charge in [0, 0.05) is 23.7 Å². The predicted molar refractivity (Wildman–Crippen MR) is 132 cm³/mol. The normalized spacial score (nSPS) is 16.5. The zero-order valence-corrected chi connectivity index (χ0v) is 20.8. The molecule has 1 aromatic carbocycles. The number of aromatic nitrogens is 5. The van der Waals surface area contributed by atoms with Crippen LogP contribution in [0.5, 0.6) is 0 Å². The molecule has 1 N–H and O–H groups in total. The number of H-pyrrole nitrogens is 1. The van der Waals surface area contributed by atoms with Crippen LogP contribution in [0.2, 0.25) is 0 Å². The maximum atomic E-state index is 13.1. The van der Waals surface area contributed by atoms with Crippen LogP contribution in [0, 0.1) is 6.92 Å². The molecule has 1 fully saturated rings. The quantitative estimate of drug-likeness (QED) is 0.531. The van der Waals surface area contributed by atoms with Crippen molar-refractivity contribution >= 4 is 10.9 Å². The highest BCUT2D eigenvalue weighted by Crippen LogP contribution is 2.34. The zero-order valence-electron chi connectivity index (χ0n) is 20.8. The van der Waals surface area contributed by atoms with E-state index in [4.69, 9.17) is 0 Å². The Morgan fingerprint density at radius 1 is 1.18 bits per heavy atom. The standard InChI is InChI=1S/C26H38N6O/c1-6-10-23(24-28-29-30-32(24)26(3,4)5)31(21-11-8-7-9-12-21)17-20-16-19-14-13-18(2)15-22(19)27-25(20)33/h13-16,21,23H,6-12,17H2,1-5H3,(H,27,33)/t23-/m0/s1. The van der Waals surface area contributed by atoms with Crippen molar-refractivity contribution in [3.8, 4) is 0 Å². The summed E-state index contributed by atoms with van der Waals surface area (Å²) in [6.07, 6.45) is 8.05. The smallest absolute Gasteiger partial charge is 0.252 e. The van der Waals surface area contributed by atoms with E-state index in [0.29, 0.717) is 12.6 Å². The highest BCUT2D eigenvalue weighted by atomic mass is 16.1. The third-order valence-corrected chi connectivity index (χ3v) is 6.86. The van der Waals surface area contributed by atoms with Gasteiger partial charge in [0.05, 0.1) is 11.6 Å². The van der Waals surface area contributed by atoms with Crippen LogP contribution in [0.25, 0.3) is 10.9 Å². The second-order valence-corrected chi connectivity index (χ2v) is 10.6. The van der Waals surface area contributed by atoms with Crippen LogP contribution in [-0.4, -0.2) is 36.1 Å². The number of fused-ring (bicyclic) bond motifs is 1. The van der Waals surface area contributed by atoms with Gasteiger partial charge in [-0.3, -0.25) is 9.69 Å². The largest absolute Gasteiger partial charge is 0.322 e. The number of nitrogens with zero attached hydrogens (tertiary/aromatic N) is 5. The van der Waals surface area contributed by atoms with E-state index in [2.05, 4.69) is 71.3 Å². The molecule has 0 spiro atoms. The van der Waals surface area contributed by atoms with Gasteiger partial charge in [-0.15, -0.1) is 5.10 Å². The van der Waals surface area contributed by atoms with Gasteiger partial charge < -0.3 is 4.98 Å². The van der Waals surface area contributed by atoms with Crippen molar-refractivity contribution in [2.45, 2.75) is 104 Å². The molecule has 33 heavy (non-hydrogen) atoms. The summed E-state index contributed by atoms with van der Waals surface area (Å²) in [7, 11) is 0. The number of pyridine rings is 1. The lowest BCUT2D eigenvalue weighted by Crippen LogP contribution is -2.42. The molecule has 7 nitrogen and oxygen atoms in total. The van der Waals surface area contributed by atoms with Gasteiger partial charge in [-0.2, -0.15) is 0 Å². The van der Waals surface area contributed by atoms with E-state index < -0.39 is 0 Å². The number of benzene rings is 1. The summed E-state index contributed by atoms with van der Waals surface area (Å²) < 4.78 is 1.97. The molecule has 2 aromatic heterocycles. The number of aromatic amines is 1. The summed E-state index contributed by atoms with van der Waals surface area (Å²) in [6.45, 7) is 11.3. The van der Waals surface area contributed by atoms with Crippen molar-refractivity contribution in [2.75, 3.05) is 0 Å². The second-order valence-electron chi connectivity index (χ2n) is 10.6. The maximum Gasteiger partial charge on any atom is 0.252 e. The molecule has 2 heterocycles. The van der Waals surface area contributed by atoms with Crippen molar-refractivity contribution in [2.24, 2.45) is 0 Å². The molecule has 0 saturated heterocycles. The number of aryl methyl sites for hydroxylation is 1. The summed E-state index contributed by atoms with van der Waals surface area (Å²) in [6, 6.07) is 8.80. The van der Waals surface area contributed by atoms with Gasteiger partial charge in [-0.05, 0) is 80.5 Å². The maximum absolute atomic E-state index is 13.1. The summed E-state index contributed by atoms with van der Waals surface area (Å²) in [4.78, 5) is 18.8. The molecular weight excluding hydrogens is 412 g/mol. The summed E-state index contributed by atoms with van der Waals surface area (Å²) >= 11 is 0. The molecule has 0 amide bonds. The van der Waals surface area contributed by atoms with Crippen molar-refractivity contribution in [1.29, 1.82) is 0 Å². The Balaban J connectivity index is 1.77. The van der Waals surface area contributed by atoms with E-state index in [1.807, 2.05) is 17.7 Å². The van der Waals surface area contributed by atoms with Gasteiger partial charge in [0.25, 0.3) is 5.56 Å². The molecule has 0 aliphatic heterocycles. The average molecular weight is 451 g/mol. The molecule has 7 heteroatoms. The van der Waals surface area contributed by atoms with Crippen LogP contribution >= 0.6 is 0 Å². The number of rotatable bonds is 7. The SMILES string of the molecule is CCC[C@@H](c1nnnn1C(C)(C)C)N(Cc1cc2ccc(C)cc2[nH]c1=O)C1CCCCC1. The zero-order chi connectivity index (χ0) is 23.6. The fourth-order valence-corrected chi connectivity index (χ4v) is 5.18. The van der Waals surface area contributed by atoms with Gasteiger partial charge in [0.2, 0.25) is 0 Å². The van der Waals surface area contributed by atoms with Gasteiger partial charge in [-0.25, -0.2) is 4.68 Å². The number of nitrogens with one attached hydrogen (secondary N) is 1. The molecule has 1 aliphatic rings. The van der Waals surface area contributed by atoms with E-state index in [-0.39, 0.29) is 17.1 Å². The summed E-state index contributed by atoms with van der Waals surface area (Å²) in [5.74, 6) is 0.905.